The van der Waals surface area contributed by atoms with E-state index in [2.05, 4.69) is 48.3 Å². The Balaban J connectivity index is 2.93. The van der Waals surface area contributed by atoms with Gasteiger partial charge in [0.2, 0.25) is 5.91 Å². The maximum atomic E-state index is 11.8. The van der Waals surface area contributed by atoms with Crippen LogP contribution in [0, 0.1) is 23.3 Å². The predicted octanol–water partition coefficient (Wildman–Crippen LogP) is 2.85. The SMILES string of the molecule is CC(=O)NC(CCc1ccc(C#CC#C[Si](C)(C)C)cc1)(COC(C)=O)COC(C)=O. The average Bonchev–Trinajstić information content (AvgIpc) is 2.66. The number of aryl methyl sites for hydroxylation is 1. The average molecular weight is 442 g/mol. The quantitative estimate of drug-likeness (QED) is 0.381. The second-order valence-corrected chi connectivity index (χ2v) is 13.2. The van der Waals surface area contributed by atoms with Crippen molar-refractivity contribution in [1.29, 1.82) is 0 Å². The highest BCUT2D eigenvalue weighted by Gasteiger charge is 2.34. The van der Waals surface area contributed by atoms with Gasteiger partial charge in [0, 0.05) is 26.3 Å². The van der Waals surface area contributed by atoms with Crippen molar-refractivity contribution in [2.45, 2.75) is 58.8 Å². The van der Waals surface area contributed by atoms with Crippen molar-refractivity contribution in [3.05, 3.63) is 35.4 Å². The zero-order valence-electron chi connectivity index (χ0n) is 19.2. The van der Waals surface area contributed by atoms with E-state index in [1.807, 2.05) is 24.3 Å². The first-order valence-corrected chi connectivity index (χ1v) is 13.6. The molecule has 0 fully saturated rings. The fourth-order valence-electron chi connectivity index (χ4n) is 2.63. The van der Waals surface area contributed by atoms with Crippen LogP contribution in [0.4, 0.5) is 0 Å². The van der Waals surface area contributed by atoms with Crippen LogP contribution in [0.5, 0.6) is 0 Å². The summed E-state index contributed by atoms with van der Waals surface area (Å²) in [7, 11) is -1.43. The van der Waals surface area contributed by atoms with Gasteiger partial charge >= 0.3 is 11.9 Å². The minimum atomic E-state index is -1.43. The van der Waals surface area contributed by atoms with Crippen LogP contribution in [-0.4, -0.2) is 44.7 Å². The van der Waals surface area contributed by atoms with Crippen molar-refractivity contribution in [3.63, 3.8) is 0 Å². The molecule has 1 rings (SSSR count). The van der Waals surface area contributed by atoms with Gasteiger partial charge in [-0.25, -0.2) is 0 Å². The van der Waals surface area contributed by atoms with Gasteiger partial charge in [-0.15, -0.1) is 5.54 Å². The Kier molecular flexibility index (Phi) is 10.0. The molecular weight excluding hydrogens is 410 g/mol. The zero-order valence-corrected chi connectivity index (χ0v) is 20.2. The number of rotatable bonds is 8. The Morgan fingerprint density at radius 3 is 1.94 bits per heavy atom. The Hall–Kier alpha value is -3.03. The summed E-state index contributed by atoms with van der Waals surface area (Å²) in [6.07, 6.45) is 0.992. The zero-order chi connectivity index (χ0) is 23.5. The third-order valence-electron chi connectivity index (χ3n) is 4.10. The number of carbonyl (C=O) groups excluding carboxylic acids is 3. The van der Waals surface area contributed by atoms with Gasteiger partial charge in [0.25, 0.3) is 0 Å². The topological polar surface area (TPSA) is 81.7 Å². The maximum absolute atomic E-state index is 11.8. The van der Waals surface area contributed by atoms with Crippen molar-refractivity contribution in [2.24, 2.45) is 0 Å². The Morgan fingerprint density at radius 2 is 1.48 bits per heavy atom. The molecular formula is C24H31NO5Si. The van der Waals surface area contributed by atoms with Crippen LogP contribution in [0.25, 0.3) is 0 Å². The number of esters is 2. The van der Waals surface area contributed by atoms with E-state index in [4.69, 9.17) is 9.47 Å². The van der Waals surface area contributed by atoms with E-state index in [1.54, 1.807) is 0 Å². The van der Waals surface area contributed by atoms with E-state index in [0.29, 0.717) is 12.8 Å². The van der Waals surface area contributed by atoms with Crippen LogP contribution in [-0.2, 0) is 30.3 Å². The van der Waals surface area contributed by atoms with Gasteiger partial charge in [0.1, 0.15) is 26.8 Å². The van der Waals surface area contributed by atoms with Crippen LogP contribution in [0.1, 0.15) is 38.3 Å². The molecule has 0 spiro atoms. The number of amides is 1. The lowest BCUT2D eigenvalue weighted by Crippen LogP contribution is -2.55. The molecule has 1 amide bonds. The molecule has 0 heterocycles. The molecule has 0 unspecified atom stereocenters. The van der Waals surface area contributed by atoms with Gasteiger partial charge in [-0.1, -0.05) is 37.7 Å². The molecule has 1 aromatic rings. The molecule has 166 valence electrons. The Morgan fingerprint density at radius 1 is 0.935 bits per heavy atom. The Labute approximate surface area is 186 Å². The van der Waals surface area contributed by atoms with Crippen LogP contribution in [0.3, 0.4) is 0 Å². The lowest BCUT2D eigenvalue weighted by molar-refractivity contribution is -0.150. The molecule has 0 radical (unpaired) electrons. The third-order valence-corrected chi connectivity index (χ3v) is 4.97. The normalized spacial score (nSPS) is 10.6. The molecule has 31 heavy (non-hydrogen) atoms. The highest BCUT2D eigenvalue weighted by atomic mass is 28.3. The molecule has 0 bridgehead atoms. The summed E-state index contributed by atoms with van der Waals surface area (Å²) in [5, 5.41) is 2.80. The highest BCUT2D eigenvalue weighted by Crippen LogP contribution is 2.18. The first kappa shape index (κ1) is 26.0. The first-order valence-electron chi connectivity index (χ1n) is 10.1. The summed E-state index contributed by atoms with van der Waals surface area (Å²) in [5.41, 5.74) is 4.07. The molecule has 6 nitrogen and oxygen atoms in total. The summed E-state index contributed by atoms with van der Waals surface area (Å²) < 4.78 is 10.3. The fourth-order valence-corrected chi connectivity index (χ4v) is 3.07. The van der Waals surface area contributed by atoms with Gasteiger partial charge in [-0.3, -0.25) is 14.4 Å². The number of hydrogen-bond acceptors (Lipinski definition) is 5. The maximum Gasteiger partial charge on any atom is 0.302 e. The van der Waals surface area contributed by atoms with Crippen LogP contribution < -0.4 is 5.32 Å². The summed E-state index contributed by atoms with van der Waals surface area (Å²) in [5.74, 6) is 7.60. The summed E-state index contributed by atoms with van der Waals surface area (Å²) in [6.45, 7) is 10.3. The lowest BCUT2D eigenvalue weighted by Gasteiger charge is -2.33. The molecule has 0 saturated carbocycles. The molecule has 1 N–H and O–H groups in total. The van der Waals surface area contributed by atoms with Gasteiger partial charge < -0.3 is 14.8 Å². The second-order valence-electron chi connectivity index (χ2n) is 8.47. The number of ether oxygens (including phenoxy) is 2. The van der Waals surface area contributed by atoms with E-state index >= 15 is 0 Å². The van der Waals surface area contributed by atoms with E-state index < -0.39 is 25.6 Å². The number of hydrogen-bond donors (Lipinski definition) is 1. The summed E-state index contributed by atoms with van der Waals surface area (Å²) in [6, 6.07) is 7.73. The van der Waals surface area contributed by atoms with Gasteiger partial charge in [-0.05, 0) is 42.4 Å². The van der Waals surface area contributed by atoms with Crippen molar-refractivity contribution in [1.82, 2.24) is 5.32 Å². The monoisotopic (exact) mass is 441 g/mol. The van der Waals surface area contributed by atoms with Gasteiger partial charge in [0.15, 0.2) is 0 Å². The molecule has 0 saturated heterocycles. The van der Waals surface area contributed by atoms with Crippen molar-refractivity contribution in [3.8, 4) is 23.3 Å². The first-order chi connectivity index (χ1) is 14.4. The number of nitrogens with one attached hydrogen (secondary N) is 1. The molecule has 0 atom stereocenters. The van der Waals surface area contributed by atoms with Gasteiger partial charge in [-0.2, -0.15) is 0 Å². The largest absolute Gasteiger partial charge is 0.463 e. The molecule has 7 heteroatoms. The molecule has 1 aromatic carbocycles. The number of carbonyl (C=O) groups is 3. The predicted molar refractivity (Wildman–Crippen MR) is 123 cm³/mol. The van der Waals surface area contributed by atoms with Crippen molar-refractivity contribution < 1.29 is 23.9 Å². The van der Waals surface area contributed by atoms with E-state index in [9.17, 15) is 14.4 Å². The van der Waals surface area contributed by atoms with Crippen LogP contribution in [0.15, 0.2) is 24.3 Å². The smallest absolute Gasteiger partial charge is 0.302 e. The minimum absolute atomic E-state index is 0.0888. The van der Waals surface area contributed by atoms with E-state index in [-0.39, 0.29) is 19.1 Å². The molecule has 0 aliphatic heterocycles. The third kappa shape index (κ3) is 11.7. The Bertz CT molecular complexity index is 890. The molecule has 0 aliphatic rings. The van der Waals surface area contributed by atoms with Crippen molar-refractivity contribution >= 4 is 25.9 Å². The van der Waals surface area contributed by atoms with Crippen molar-refractivity contribution in [2.75, 3.05) is 13.2 Å². The minimum Gasteiger partial charge on any atom is -0.463 e. The summed E-state index contributed by atoms with van der Waals surface area (Å²) in [4.78, 5) is 34.4. The molecule has 0 aromatic heterocycles. The highest BCUT2D eigenvalue weighted by molar-refractivity contribution is 6.83. The van der Waals surface area contributed by atoms with E-state index in [0.717, 1.165) is 11.1 Å². The fraction of sp³-hybridized carbons (Fsp3) is 0.458. The summed E-state index contributed by atoms with van der Waals surface area (Å²) >= 11 is 0. The standard InChI is InChI=1S/C24H31NO5Si/c1-19(26)25-24(17-29-20(2)27,18-30-21(3)28)15-14-23-12-10-22(11-13-23)9-7-8-16-31(4,5)6/h10-13H,14-15,17-18H2,1-6H3,(H,25,26). The second kappa shape index (κ2) is 12.0. The number of benzene rings is 1. The van der Waals surface area contributed by atoms with Gasteiger partial charge in [0.05, 0.1) is 0 Å². The lowest BCUT2D eigenvalue weighted by atomic mass is 9.92. The van der Waals surface area contributed by atoms with Crippen LogP contribution in [0.2, 0.25) is 19.6 Å². The molecule has 0 aliphatic carbocycles. The van der Waals surface area contributed by atoms with Crippen LogP contribution >= 0.6 is 0 Å². The van der Waals surface area contributed by atoms with E-state index in [1.165, 1.54) is 20.8 Å².